The SMILES string of the molecule is CC(C)c1cnnc(Nc2ccc3ncc(-c4cnn(CCC5CCN(C)CC5)c4)cc3n2)c1.CC(C)c1cnnc(Nc2ccc3ncc(-c4cnn(CCC5CCNCC5)c4)cc3n2)c1. The van der Waals surface area contributed by atoms with E-state index in [9.17, 15) is 0 Å². The quantitative estimate of drug-likeness (QED) is 0.0940. The van der Waals surface area contributed by atoms with Crippen LogP contribution in [0.5, 0.6) is 0 Å². The molecule has 0 saturated carbocycles. The van der Waals surface area contributed by atoms with Gasteiger partial charge in [0.15, 0.2) is 11.6 Å². The van der Waals surface area contributed by atoms with E-state index < -0.39 is 0 Å². The fourth-order valence-electron chi connectivity index (χ4n) is 8.67. The van der Waals surface area contributed by atoms with Gasteiger partial charge >= 0.3 is 0 Å². The number of piperidine rings is 2. The van der Waals surface area contributed by atoms with E-state index in [4.69, 9.17) is 9.97 Å². The van der Waals surface area contributed by atoms with Gasteiger partial charge in [0.25, 0.3) is 0 Å². The van der Waals surface area contributed by atoms with Gasteiger partial charge in [-0.15, -0.1) is 10.2 Å². The summed E-state index contributed by atoms with van der Waals surface area (Å²) in [5.74, 6) is 5.18. The third kappa shape index (κ3) is 12.0. The average molecular weight is 899 g/mol. The maximum Gasteiger partial charge on any atom is 0.154 e. The molecule has 10 rings (SSSR count). The molecule has 0 amide bonds. The highest BCUT2D eigenvalue weighted by Crippen LogP contribution is 2.27. The van der Waals surface area contributed by atoms with Gasteiger partial charge in [-0.3, -0.25) is 19.3 Å². The van der Waals surface area contributed by atoms with E-state index >= 15 is 0 Å². The predicted molar refractivity (Wildman–Crippen MR) is 265 cm³/mol. The molecule has 2 fully saturated rings. The van der Waals surface area contributed by atoms with Crippen LogP contribution in [0.1, 0.15) is 89.2 Å². The fraction of sp³-hybridized carbons (Fsp3) is 0.412. The van der Waals surface area contributed by atoms with Crippen molar-refractivity contribution in [3.8, 4) is 22.3 Å². The van der Waals surface area contributed by atoms with Gasteiger partial charge in [-0.25, -0.2) is 9.97 Å². The summed E-state index contributed by atoms with van der Waals surface area (Å²) < 4.78 is 4.11. The zero-order valence-electron chi connectivity index (χ0n) is 39.3. The van der Waals surface area contributed by atoms with Crippen LogP contribution in [0.25, 0.3) is 44.3 Å². The first kappa shape index (κ1) is 45.4. The molecule has 8 aromatic rings. The Morgan fingerprint density at radius 2 is 1.03 bits per heavy atom. The second-order valence-corrected chi connectivity index (χ2v) is 18.7. The van der Waals surface area contributed by atoms with Crippen molar-refractivity contribution in [2.24, 2.45) is 11.8 Å². The number of likely N-dealkylation sites (tertiary alicyclic amines) is 1. The van der Waals surface area contributed by atoms with E-state index in [0.717, 1.165) is 99.3 Å². The molecule has 2 saturated heterocycles. The zero-order chi connectivity index (χ0) is 46.1. The summed E-state index contributed by atoms with van der Waals surface area (Å²) in [4.78, 5) is 21.2. The standard InChI is InChI=1S/C26H32N8.C25H30N8/c1-18(2)20-13-26(32-28-15-20)31-25-5-4-23-24(30-25)12-21(14-27-23)22-16-29-34(17-22)11-8-19-6-9-33(3)10-7-19;1-17(2)19-12-25(32-28-14-19)31-24-4-3-22-23(30-24)11-20(13-27-22)21-15-29-33(16-21)10-7-18-5-8-26-9-6-18/h4-5,12-19H,6-11H2,1-3H3,(H,30,31,32);3-4,11-18,26H,5-10H2,1-2H3,(H,30,31,32). The van der Waals surface area contributed by atoms with Crippen molar-refractivity contribution in [2.75, 3.05) is 43.9 Å². The van der Waals surface area contributed by atoms with Crippen LogP contribution in [0.3, 0.4) is 0 Å². The monoisotopic (exact) mass is 899 g/mol. The number of pyridine rings is 4. The fourth-order valence-corrected chi connectivity index (χ4v) is 8.67. The molecule has 2 aliphatic heterocycles. The summed E-state index contributed by atoms with van der Waals surface area (Å²) in [7, 11) is 2.21. The highest BCUT2D eigenvalue weighted by molar-refractivity contribution is 5.83. The minimum absolute atomic E-state index is 0.387. The Morgan fingerprint density at radius 3 is 1.51 bits per heavy atom. The first-order valence-electron chi connectivity index (χ1n) is 23.9. The summed E-state index contributed by atoms with van der Waals surface area (Å²) in [5, 5.41) is 35.7. The van der Waals surface area contributed by atoms with Crippen molar-refractivity contribution >= 4 is 45.3 Å². The van der Waals surface area contributed by atoms with Crippen molar-refractivity contribution < 1.29 is 0 Å². The Kier molecular flexibility index (Phi) is 14.4. The Balaban J connectivity index is 0.000000168. The lowest BCUT2D eigenvalue weighted by Gasteiger charge is -2.28. The summed E-state index contributed by atoms with van der Waals surface area (Å²) in [5.41, 5.74) is 9.78. The van der Waals surface area contributed by atoms with E-state index in [2.05, 4.69) is 125 Å². The van der Waals surface area contributed by atoms with Crippen LogP contribution in [0, 0.1) is 11.8 Å². The van der Waals surface area contributed by atoms with Crippen LogP contribution in [0.2, 0.25) is 0 Å². The minimum atomic E-state index is 0.387. The van der Waals surface area contributed by atoms with Gasteiger partial charge in [-0.2, -0.15) is 20.4 Å². The van der Waals surface area contributed by atoms with E-state index in [1.54, 1.807) is 12.4 Å². The molecule has 0 spiro atoms. The van der Waals surface area contributed by atoms with Crippen molar-refractivity contribution in [1.29, 1.82) is 0 Å². The molecule has 0 unspecified atom stereocenters. The largest absolute Gasteiger partial charge is 0.323 e. The van der Waals surface area contributed by atoms with E-state index in [-0.39, 0.29) is 0 Å². The zero-order valence-corrected chi connectivity index (χ0v) is 39.3. The molecule has 67 heavy (non-hydrogen) atoms. The molecule has 0 radical (unpaired) electrons. The molecule has 0 bridgehead atoms. The number of anilines is 4. The molecule has 16 heteroatoms. The Morgan fingerprint density at radius 1 is 0.552 bits per heavy atom. The lowest BCUT2D eigenvalue weighted by molar-refractivity contribution is 0.206. The number of hydrogen-bond acceptors (Lipinski definition) is 14. The van der Waals surface area contributed by atoms with Crippen LogP contribution in [0.15, 0.2) is 98.1 Å². The lowest BCUT2D eigenvalue weighted by atomic mass is 9.94. The molecule has 0 aliphatic carbocycles. The molecular formula is C51H62N16. The smallest absolute Gasteiger partial charge is 0.154 e. The first-order chi connectivity index (χ1) is 32.7. The van der Waals surface area contributed by atoms with E-state index in [1.807, 2.05) is 65.9 Å². The van der Waals surface area contributed by atoms with Crippen LogP contribution in [0.4, 0.5) is 23.3 Å². The normalized spacial score (nSPS) is 15.0. The minimum Gasteiger partial charge on any atom is -0.323 e. The van der Waals surface area contributed by atoms with Crippen LogP contribution in [-0.4, -0.2) is 98.0 Å². The van der Waals surface area contributed by atoms with Crippen molar-refractivity contribution in [2.45, 2.75) is 91.1 Å². The van der Waals surface area contributed by atoms with Gasteiger partial charge in [-0.1, -0.05) is 27.7 Å². The molecule has 3 N–H and O–H groups in total. The van der Waals surface area contributed by atoms with Gasteiger partial charge in [0, 0.05) is 60.1 Å². The van der Waals surface area contributed by atoms with Gasteiger partial charge in [0.1, 0.15) is 11.6 Å². The number of nitrogens with zero attached hydrogens (tertiary/aromatic N) is 13. The first-order valence-corrected chi connectivity index (χ1v) is 23.9. The number of rotatable bonds is 14. The van der Waals surface area contributed by atoms with Crippen molar-refractivity contribution in [1.82, 2.24) is 70.1 Å². The number of hydrogen-bond donors (Lipinski definition) is 3. The molecule has 346 valence electrons. The number of fused-ring (bicyclic) bond motifs is 2. The number of aryl methyl sites for hydroxylation is 2. The summed E-state index contributed by atoms with van der Waals surface area (Å²) in [6.07, 6.45) is 22.9. The van der Waals surface area contributed by atoms with Crippen LogP contribution < -0.4 is 16.0 Å². The average Bonchev–Trinajstić information content (AvgIpc) is 4.04. The summed E-state index contributed by atoms with van der Waals surface area (Å²) >= 11 is 0. The second-order valence-electron chi connectivity index (χ2n) is 18.7. The molecule has 16 nitrogen and oxygen atoms in total. The highest BCUT2D eigenvalue weighted by Gasteiger charge is 2.18. The molecule has 2 aliphatic rings. The van der Waals surface area contributed by atoms with Crippen LogP contribution >= 0.6 is 0 Å². The van der Waals surface area contributed by atoms with Crippen molar-refractivity contribution in [3.05, 3.63) is 109 Å². The maximum absolute atomic E-state index is 4.77. The maximum atomic E-state index is 4.77. The Hall–Kier alpha value is -6.78. The van der Waals surface area contributed by atoms with Gasteiger partial charge in [0.2, 0.25) is 0 Å². The second kappa shape index (κ2) is 21.2. The molecule has 0 atom stereocenters. The van der Waals surface area contributed by atoms with Gasteiger partial charge < -0.3 is 20.9 Å². The Labute approximate surface area is 392 Å². The highest BCUT2D eigenvalue weighted by atomic mass is 15.3. The molecule has 0 aromatic carbocycles. The summed E-state index contributed by atoms with van der Waals surface area (Å²) in [6, 6.07) is 15.9. The third-order valence-corrected chi connectivity index (χ3v) is 13.0. The molecule has 10 heterocycles. The summed E-state index contributed by atoms with van der Waals surface area (Å²) in [6.45, 7) is 15.1. The lowest BCUT2D eigenvalue weighted by Crippen LogP contribution is -2.30. The third-order valence-electron chi connectivity index (χ3n) is 13.0. The topological polar surface area (TPSA) is 178 Å². The predicted octanol–water partition coefficient (Wildman–Crippen LogP) is 9.42. The molecule has 8 aromatic heterocycles. The Bertz CT molecular complexity index is 2870. The number of nitrogens with one attached hydrogen (secondary N) is 3. The van der Waals surface area contributed by atoms with Gasteiger partial charge in [-0.05, 0) is 155 Å². The van der Waals surface area contributed by atoms with Crippen molar-refractivity contribution in [3.63, 3.8) is 0 Å². The molecular weight excluding hydrogens is 837 g/mol. The number of aromatic nitrogens is 12. The van der Waals surface area contributed by atoms with Crippen LogP contribution in [-0.2, 0) is 13.1 Å². The van der Waals surface area contributed by atoms with E-state index in [0.29, 0.717) is 29.3 Å². The van der Waals surface area contributed by atoms with E-state index in [1.165, 1.54) is 51.6 Å². The van der Waals surface area contributed by atoms with Gasteiger partial charge in [0.05, 0.1) is 46.9 Å².